The number of rotatable bonds is 15. The lowest BCUT2D eigenvalue weighted by atomic mass is 10.2. The van der Waals surface area contributed by atoms with E-state index < -0.39 is 59.7 Å². The van der Waals surface area contributed by atoms with E-state index in [1.807, 2.05) is 28.7 Å². The van der Waals surface area contributed by atoms with Crippen molar-refractivity contribution in [1.29, 1.82) is 0 Å². The lowest BCUT2D eigenvalue weighted by molar-refractivity contribution is 0.0287. The minimum Gasteiger partial charge on any atom is -0.497 e. The van der Waals surface area contributed by atoms with Crippen LogP contribution in [0.5, 0.6) is 11.5 Å². The Labute approximate surface area is 367 Å². The number of nitrogens with one attached hydrogen (secondary N) is 3. The molecule has 1 saturated heterocycles. The molecule has 5 aromatic rings. The second kappa shape index (κ2) is 19.1. The van der Waals surface area contributed by atoms with Crippen molar-refractivity contribution in [3.05, 3.63) is 111 Å². The summed E-state index contributed by atoms with van der Waals surface area (Å²) < 4.78 is 86.1. The topological polar surface area (TPSA) is 224 Å². The zero-order valence-corrected chi connectivity index (χ0v) is 37.7. The van der Waals surface area contributed by atoms with Gasteiger partial charge in [0.1, 0.15) is 33.5 Å². The number of aromatic amines is 1. The molecule has 1 fully saturated rings. The van der Waals surface area contributed by atoms with Gasteiger partial charge in [-0.3, -0.25) is 0 Å². The smallest absolute Gasteiger partial charge is 0.410 e. The first-order valence-electron chi connectivity index (χ1n) is 18.8. The van der Waals surface area contributed by atoms with E-state index in [0.29, 0.717) is 26.2 Å². The maximum atomic E-state index is 15.4. The normalized spacial score (nSPS) is 15.7. The molecule has 2 atom stereocenters. The van der Waals surface area contributed by atoms with Crippen molar-refractivity contribution in [3.8, 4) is 22.9 Å². The van der Waals surface area contributed by atoms with Gasteiger partial charge in [-0.05, 0) is 102 Å². The monoisotopic (exact) mass is 988 g/mol. The van der Waals surface area contributed by atoms with Gasteiger partial charge in [0.2, 0.25) is 25.9 Å². The highest BCUT2D eigenvalue weighted by molar-refractivity contribution is 14.1. The summed E-state index contributed by atoms with van der Waals surface area (Å²) in [6.07, 6.45) is -1.61. The number of aromatic nitrogens is 4. The molecule has 0 radical (unpaired) electrons. The molecular formula is C40H45IN8O10S2. The van der Waals surface area contributed by atoms with Gasteiger partial charge in [-0.15, -0.1) is 10.2 Å². The average molecular weight is 989 g/mol. The standard InChI is InChI=1S/C40H45IN8O10S2/c1-40(2,3)59-39(51)48-23-32(42-38(50)58-25-28-9-7-6-8-10-28)33(24-48)45-60(52,53)34-20-19-31(41)35(37-43-46-47-44-37)36(34)61(54,55)49(21-26-11-15-29(56-4)16-12-26)22-27-13-17-30(57-5)18-14-27/h6-20,32-33,45H,21-25H2,1-5H3,(H,42,50)(H,43,44,46,47)/t32-,33+/m1/s1. The number of methoxy groups -OCH3 is 2. The first kappa shape index (κ1) is 45.2. The van der Waals surface area contributed by atoms with Crippen LogP contribution in [0.25, 0.3) is 11.4 Å². The van der Waals surface area contributed by atoms with Crippen molar-refractivity contribution in [3.63, 3.8) is 0 Å². The second-order valence-corrected chi connectivity index (χ2v) is 19.6. The maximum Gasteiger partial charge on any atom is 0.410 e. The van der Waals surface area contributed by atoms with E-state index in [0.717, 1.165) is 9.87 Å². The summed E-state index contributed by atoms with van der Waals surface area (Å²) in [6.45, 7) is 4.20. The first-order valence-corrected chi connectivity index (χ1v) is 22.8. The predicted molar refractivity (Wildman–Crippen MR) is 230 cm³/mol. The lowest BCUT2D eigenvalue weighted by Gasteiger charge is -2.26. The van der Waals surface area contributed by atoms with Crippen LogP contribution >= 0.6 is 22.6 Å². The van der Waals surface area contributed by atoms with Crippen LogP contribution in [0.4, 0.5) is 9.59 Å². The van der Waals surface area contributed by atoms with E-state index in [4.69, 9.17) is 18.9 Å². The van der Waals surface area contributed by atoms with Gasteiger partial charge >= 0.3 is 12.2 Å². The Morgan fingerprint density at radius 1 is 0.836 bits per heavy atom. The number of hydrogen-bond acceptors (Lipinski definition) is 13. The second-order valence-electron chi connectivity index (χ2n) is 14.9. The van der Waals surface area contributed by atoms with Crippen LogP contribution < -0.4 is 19.5 Å². The van der Waals surface area contributed by atoms with Gasteiger partial charge < -0.3 is 29.2 Å². The summed E-state index contributed by atoms with van der Waals surface area (Å²) >= 11 is 1.89. The highest BCUT2D eigenvalue weighted by Gasteiger charge is 2.43. The quantitative estimate of drug-likeness (QED) is 0.117. The zero-order valence-electron chi connectivity index (χ0n) is 33.9. The number of amides is 2. The van der Waals surface area contributed by atoms with E-state index in [9.17, 15) is 18.0 Å². The van der Waals surface area contributed by atoms with Crippen LogP contribution in [0, 0.1) is 3.57 Å². The third kappa shape index (κ3) is 11.3. The molecule has 0 saturated carbocycles. The number of benzene rings is 4. The highest BCUT2D eigenvalue weighted by Crippen LogP contribution is 2.38. The van der Waals surface area contributed by atoms with E-state index in [1.165, 1.54) is 31.3 Å². The molecule has 18 nitrogen and oxygen atoms in total. The molecule has 0 spiro atoms. The van der Waals surface area contributed by atoms with Crippen LogP contribution in [-0.2, 0) is 49.2 Å². The molecular weight excluding hydrogens is 944 g/mol. The van der Waals surface area contributed by atoms with E-state index >= 15 is 8.42 Å². The van der Waals surface area contributed by atoms with Gasteiger partial charge in [0.05, 0.1) is 31.9 Å². The number of halogens is 1. The third-order valence-electron chi connectivity index (χ3n) is 9.36. The summed E-state index contributed by atoms with van der Waals surface area (Å²) in [5.74, 6) is 0.935. The summed E-state index contributed by atoms with van der Waals surface area (Å²) in [6, 6.07) is 22.9. The molecule has 0 unspecified atom stereocenters. The Morgan fingerprint density at radius 2 is 1.43 bits per heavy atom. The number of hydrogen-bond donors (Lipinski definition) is 3. The molecule has 4 aromatic carbocycles. The highest BCUT2D eigenvalue weighted by atomic mass is 127. The number of ether oxygens (including phenoxy) is 4. The van der Waals surface area contributed by atoms with Gasteiger partial charge in [-0.2, -0.15) is 9.52 Å². The first-order chi connectivity index (χ1) is 29.0. The molecule has 61 heavy (non-hydrogen) atoms. The summed E-state index contributed by atoms with van der Waals surface area (Å²) in [5, 5.41) is 16.8. The fourth-order valence-corrected chi connectivity index (χ4v) is 11.0. The van der Waals surface area contributed by atoms with Crippen molar-refractivity contribution >= 4 is 54.8 Å². The lowest BCUT2D eigenvalue weighted by Crippen LogP contribution is -2.51. The summed E-state index contributed by atoms with van der Waals surface area (Å²) in [4.78, 5) is 26.4. The molecule has 1 aliphatic rings. The minimum atomic E-state index is -4.84. The maximum absolute atomic E-state index is 15.4. The fourth-order valence-electron chi connectivity index (χ4n) is 6.43. The zero-order chi connectivity index (χ0) is 44.0. The molecule has 2 amide bonds. The van der Waals surface area contributed by atoms with Gasteiger partial charge in [-0.1, -0.05) is 54.6 Å². The van der Waals surface area contributed by atoms with E-state index in [-0.39, 0.29) is 44.2 Å². The van der Waals surface area contributed by atoms with Gasteiger partial charge in [0.25, 0.3) is 0 Å². The van der Waals surface area contributed by atoms with Crippen LogP contribution in [0.3, 0.4) is 0 Å². The summed E-state index contributed by atoms with van der Waals surface area (Å²) in [7, 11) is -6.63. The Kier molecular flexibility index (Phi) is 14.2. The molecule has 21 heteroatoms. The largest absolute Gasteiger partial charge is 0.497 e. The number of alkyl carbamates (subject to hydrolysis) is 1. The predicted octanol–water partition coefficient (Wildman–Crippen LogP) is 5.07. The number of sulfonamides is 2. The van der Waals surface area contributed by atoms with E-state index in [1.54, 1.807) is 93.6 Å². The number of likely N-dealkylation sites (tertiary alicyclic amines) is 1. The molecule has 0 bridgehead atoms. The number of carbonyl (C=O) groups is 2. The number of tetrazole rings is 1. The third-order valence-corrected chi connectivity index (χ3v) is 13.8. The Bertz CT molecular complexity index is 2480. The van der Waals surface area contributed by atoms with Crippen molar-refractivity contribution in [2.45, 2.75) is 67.9 Å². The Morgan fingerprint density at radius 3 is 1.97 bits per heavy atom. The molecule has 1 aliphatic heterocycles. The van der Waals surface area contributed by atoms with Crippen molar-refractivity contribution in [2.75, 3.05) is 27.3 Å². The molecule has 0 aliphatic carbocycles. The van der Waals surface area contributed by atoms with Crippen molar-refractivity contribution < 1.29 is 45.4 Å². The average Bonchev–Trinajstić information content (AvgIpc) is 3.90. The number of carbonyl (C=O) groups excluding carboxylic acids is 2. The Balaban J connectivity index is 1.41. The molecule has 1 aromatic heterocycles. The van der Waals surface area contributed by atoms with E-state index in [2.05, 4.69) is 30.7 Å². The molecule has 2 heterocycles. The number of H-pyrrole nitrogens is 1. The number of nitrogens with zero attached hydrogens (tertiary/aromatic N) is 5. The van der Waals surface area contributed by atoms with Gasteiger partial charge in [0.15, 0.2) is 0 Å². The minimum absolute atomic E-state index is 0.0716. The van der Waals surface area contributed by atoms with Crippen LogP contribution in [0.2, 0.25) is 0 Å². The van der Waals surface area contributed by atoms with Crippen molar-refractivity contribution in [2.24, 2.45) is 0 Å². The molecule has 324 valence electrons. The fraction of sp³-hybridized carbons (Fsp3) is 0.325. The van der Waals surface area contributed by atoms with Crippen LogP contribution in [-0.4, -0.2) is 104 Å². The van der Waals surface area contributed by atoms with Gasteiger partial charge in [0, 0.05) is 29.7 Å². The molecule has 3 N–H and O–H groups in total. The van der Waals surface area contributed by atoms with Crippen LogP contribution in [0.1, 0.15) is 37.5 Å². The SMILES string of the molecule is COc1ccc(CN(Cc2ccc(OC)cc2)S(=O)(=O)c2c(S(=O)(=O)N[C@H]3CN(C(=O)OC(C)(C)C)C[C@H]3NC(=O)OCc3ccccc3)ccc(I)c2-c2nn[nH]n2)cc1. The van der Waals surface area contributed by atoms with Crippen LogP contribution in [0.15, 0.2) is 101 Å². The Hall–Kier alpha value is -5.36. The van der Waals surface area contributed by atoms with Crippen molar-refractivity contribution in [1.82, 2.24) is 39.9 Å². The van der Waals surface area contributed by atoms with Gasteiger partial charge in [-0.25, -0.2) is 31.1 Å². The summed E-state index contributed by atoms with van der Waals surface area (Å²) in [5.41, 5.74) is 0.871. The molecule has 6 rings (SSSR count).